The van der Waals surface area contributed by atoms with Crippen LogP contribution < -0.4 is 10.6 Å². The quantitative estimate of drug-likeness (QED) is 0.181. The van der Waals surface area contributed by atoms with E-state index in [4.69, 9.17) is 4.74 Å². The number of amides is 2. The molecule has 10 heteroatoms. The number of aromatic nitrogens is 3. The predicted octanol–water partition coefficient (Wildman–Crippen LogP) is 5.71. The third-order valence-electron chi connectivity index (χ3n) is 6.39. The Hall–Kier alpha value is -4.44. The van der Waals surface area contributed by atoms with Crippen molar-refractivity contribution in [2.75, 3.05) is 17.7 Å². The van der Waals surface area contributed by atoms with Crippen molar-refractivity contribution in [2.45, 2.75) is 51.7 Å². The van der Waals surface area contributed by atoms with E-state index in [0.29, 0.717) is 34.4 Å². The maximum Gasteiger partial charge on any atom is 0.338 e. The van der Waals surface area contributed by atoms with Gasteiger partial charge in [-0.1, -0.05) is 56.8 Å². The van der Waals surface area contributed by atoms with Gasteiger partial charge in [-0.25, -0.2) is 4.79 Å². The predicted molar refractivity (Wildman–Crippen MR) is 164 cm³/mol. The summed E-state index contributed by atoms with van der Waals surface area (Å²) in [6, 6.07) is 22.0. The Bertz CT molecular complexity index is 1560. The lowest BCUT2D eigenvalue weighted by Gasteiger charge is -2.19. The topological polar surface area (TPSA) is 115 Å². The number of hydrogen-bond donors (Lipinski definition) is 2. The zero-order valence-electron chi connectivity index (χ0n) is 24.4. The van der Waals surface area contributed by atoms with Crippen LogP contribution in [0.2, 0.25) is 0 Å². The fraction of sp³-hybridized carbons (Fsp3) is 0.281. The van der Waals surface area contributed by atoms with E-state index in [0.717, 1.165) is 16.8 Å². The average molecular weight is 586 g/mol. The minimum atomic E-state index is -0.410. The van der Waals surface area contributed by atoms with Crippen molar-refractivity contribution in [3.63, 3.8) is 0 Å². The molecule has 3 aromatic carbocycles. The maximum atomic E-state index is 12.9. The molecule has 0 spiro atoms. The maximum absolute atomic E-state index is 12.9. The first-order chi connectivity index (χ1) is 20.0. The third kappa shape index (κ3) is 7.85. The Morgan fingerprint density at radius 1 is 0.929 bits per heavy atom. The van der Waals surface area contributed by atoms with Crippen molar-refractivity contribution in [2.24, 2.45) is 0 Å². The van der Waals surface area contributed by atoms with E-state index in [-0.39, 0.29) is 29.5 Å². The Balaban J connectivity index is 1.45. The number of ether oxygens (including phenoxy) is 1. The smallest absolute Gasteiger partial charge is 0.338 e. The molecule has 2 amide bonds. The fourth-order valence-electron chi connectivity index (χ4n) is 4.15. The van der Waals surface area contributed by atoms with Crippen molar-refractivity contribution in [1.82, 2.24) is 20.1 Å². The van der Waals surface area contributed by atoms with Crippen molar-refractivity contribution in [1.29, 1.82) is 0 Å². The van der Waals surface area contributed by atoms with Gasteiger partial charge in [0.2, 0.25) is 5.91 Å². The van der Waals surface area contributed by atoms with E-state index >= 15 is 0 Å². The highest BCUT2D eigenvalue weighted by Crippen LogP contribution is 2.24. The molecule has 1 aromatic heterocycles. The van der Waals surface area contributed by atoms with Gasteiger partial charge in [0.15, 0.2) is 11.0 Å². The summed E-state index contributed by atoms with van der Waals surface area (Å²) < 4.78 is 6.84. The molecule has 1 heterocycles. The third-order valence-corrected chi connectivity index (χ3v) is 7.32. The number of hydrogen-bond acceptors (Lipinski definition) is 7. The summed E-state index contributed by atoms with van der Waals surface area (Å²) in [6.45, 7) is 10.6. The van der Waals surface area contributed by atoms with Crippen LogP contribution in [0.3, 0.4) is 0 Å². The van der Waals surface area contributed by atoms with Crippen LogP contribution in [0.25, 0.3) is 5.69 Å². The van der Waals surface area contributed by atoms with E-state index in [2.05, 4.69) is 41.6 Å². The van der Waals surface area contributed by atoms with Crippen LogP contribution in [0.15, 0.2) is 78.0 Å². The van der Waals surface area contributed by atoms with Gasteiger partial charge in [0.25, 0.3) is 5.91 Å². The lowest BCUT2D eigenvalue weighted by atomic mass is 9.87. The standard InChI is InChI=1S/C32H35N5O4S/c1-6-41-30(40)23-12-16-25(17-13-23)34-28(38)20-42-31-36-35-27(37(31)26-9-7-8-21(2)18-26)19-33-29(39)22-10-14-24(15-11-22)32(3,4)5/h7-18H,6,19-20H2,1-5H3,(H,33,39)(H,34,38). The zero-order valence-corrected chi connectivity index (χ0v) is 25.2. The lowest BCUT2D eigenvalue weighted by Crippen LogP contribution is -2.25. The van der Waals surface area contributed by atoms with Crippen molar-refractivity contribution < 1.29 is 19.1 Å². The number of nitrogens with one attached hydrogen (secondary N) is 2. The largest absolute Gasteiger partial charge is 0.462 e. The van der Waals surface area contributed by atoms with Crippen LogP contribution in [-0.4, -0.2) is 44.9 Å². The summed E-state index contributed by atoms with van der Waals surface area (Å²) in [5.41, 5.74) is 4.57. The Kier molecular flexibility index (Phi) is 9.80. The van der Waals surface area contributed by atoms with Gasteiger partial charge in [0.05, 0.1) is 24.5 Å². The second-order valence-electron chi connectivity index (χ2n) is 10.7. The first-order valence-corrected chi connectivity index (χ1v) is 14.6. The molecule has 4 aromatic rings. The first kappa shape index (κ1) is 30.5. The minimum absolute atomic E-state index is 0.00104. The summed E-state index contributed by atoms with van der Waals surface area (Å²) in [6.07, 6.45) is 0. The molecule has 0 aliphatic rings. The van der Waals surface area contributed by atoms with Crippen molar-refractivity contribution in [3.05, 3.63) is 101 Å². The molecule has 42 heavy (non-hydrogen) atoms. The normalized spacial score (nSPS) is 11.2. The molecule has 0 unspecified atom stereocenters. The summed E-state index contributed by atoms with van der Waals surface area (Å²) in [7, 11) is 0. The second kappa shape index (κ2) is 13.5. The summed E-state index contributed by atoms with van der Waals surface area (Å²) in [5, 5.41) is 15.0. The number of rotatable bonds is 10. The molecule has 218 valence electrons. The first-order valence-electron chi connectivity index (χ1n) is 13.6. The summed E-state index contributed by atoms with van der Waals surface area (Å²) in [4.78, 5) is 37.5. The molecule has 0 atom stereocenters. The van der Waals surface area contributed by atoms with E-state index in [9.17, 15) is 14.4 Å². The van der Waals surface area contributed by atoms with Crippen LogP contribution in [0, 0.1) is 6.92 Å². The SMILES string of the molecule is CCOC(=O)c1ccc(NC(=O)CSc2nnc(CNC(=O)c3ccc(C(C)(C)C)cc3)n2-c2cccc(C)c2)cc1. The van der Waals surface area contributed by atoms with Crippen molar-refractivity contribution >= 4 is 35.2 Å². The van der Waals surface area contributed by atoms with Gasteiger partial charge < -0.3 is 15.4 Å². The molecule has 0 aliphatic carbocycles. The molecular weight excluding hydrogens is 550 g/mol. The summed E-state index contributed by atoms with van der Waals surface area (Å²) in [5.74, 6) is -0.242. The Morgan fingerprint density at radius 3 is 2.26 bits per heavy atom. The molecule has 0 aliphatic heterocycles. The number of esters is 1. The highest BCUT2D eigenvalue weighted by molar-refractivity contribution is 7.99. The fourth-order valence-corrected chi connectivity index (χ4v) is 4.92. The molecule has 2 N–H and O–H groups in total. The van der Waals surface area contributed by atoms with Gasteiger partial charge in [-0.2, -0.15) is 0 Å². The van der Waals surface area contributed by atoms with Gasteiger partial charge >= 0.3 is 5.97 Å². The molecule has 9 nitrogen and oxygen atoms in total. The van der Waals surface area contributed by atoms with E-state index in [1.165, 1.54) is 11.8 Å². The van der Waals surface area contributed by atoms with Crippen molar-refractivity contribution in [3.8, 4) is 5.69 Å². The lowest BCUT2D eigenvalue weighted by molar-refractivity contribution is -0.113. The number of carbonyl (C=O) groups excluding carboxylic acids is 3. The van der Waals surface area contributed by atoms with E-state index in [1.807, 2.05) is 60.0 Å². The highest BCUT2D eigenvalue weighted by Gasteiger charge is 2.18. The Labute approximate surface area is 250 Å². The average Bonchev–Trinajstić information content (AvgIpc) is 3.37. The van der Waals surface area contributed by atoms with Crippen LogP contribution >= 0.6 is 11.8 Å². The molecule has 0 radical (unpaired) electrons. The molecule has 0 fully saturated rings. The number of thioether (sulfide) groups is 1. The molecular formula is C32H35N5O4S. The Morgan fingerprint density at radius 2 is 1.62 bits per heavy atom. The monoisotopic (exact) mass is 585 g/mol. The second-order valence-corrected chi connectivity index (χ2v) is 11.7. The summed E-state index contributed by atoms with van der Waals surface area (Å²) >= 11 is 1.24. The van der Waals surface area contributed by atoms with Crippen LogP contribution in [0.1, 0.15) is 65.4 Å². The zero-order chi connectivity index (χ0) is 30.3. The van der Waals surface area contributed by atoms with Crippen LogP contribution in [-0.2, 0) is 21.5 Å². The van der Waals surface area contributed by atoms with E-state index in [1.54, 1.807) is 31.2 Å². The minimum Gasteiger partial charge on any atom is -0.462 e. The van der Waals surface area contributed by atoms with E-state index < -0.39 is 5.97 Å². The van der Waals surface area contributed by atoms with Crippen LogP contribution in [0.4, 0.5) is 5.69 Å². The van der Waals surface area contributed by atoms with Gasteiger partial charge in [0.1, 0.15) is 0 Å². The molecule has 4 rings (SSSR count). The number of nitrogens with zero attached hydrogens (tertiary/aromatic N) is 3. The number of aryl methyl sites for hydroxylation is 1. The number of carbonyl (C=O) groups is 3. The van der Waals surface area contributed by atoms with Gasteiger partial charge in [-0.3, -0.25) is 14.2 Å². The molecule has 0 saturated carbocycles. The van der Waals surface area contributed by atoms with Gasteiger partial charge in [0, 0.05) is 16.9 Å². The molecule has 0 bridgehead atoms. The van der Waals surface area contributed by atoms with Crippen LogP contribution in [0.5, 0.6) is 0 Å². The highest BCUT2D eigenvalue weighted by atomic mass is 32.2. The molecule has 0 saturated heterocycles. The number of benzene rings is 3. The van der Waals surface area contributed by atoms with Gasteiger partial charge in [-0.15, -0.1) is 10.2 Å². The van der Waals surface area contributed by atoms with Gasteiger partial charge in [-0.05, 0) is 78.9 Å². The number of anilines is 1.